The Kier molecular flexibility index (Phi) is 5.40. The number of hydrogen-bond donors (Lipinski definition) is 1. The lowest BCUT2D eigenvalue weighted by Crippen LogP contribution is -2.15. The second-order valence-corrected chi connectivity index (χ2v) is 7.97. The van der Waals surface area contributed by atoms with Gasteiger partial charge in [0.15, 0.2) is 5.82 Å². The number of sulfonamides is 1. The molecule has 0 spiro atoms. The summed E-state index contributed by atoms with van der Waals surface area (Å²) in [6.07, 6.45) is 4.74. The van der Waals surface area contributed by atoms with Crippen LogP contribution in [0.2, 0.25) is 0 Å². The average molecular weight is 425 g/mol. The van der Waals surface area contributed by atoms with Crippen LogP contribution in [-0.2, 0) is 15.8 Å². The molecule has 0 aliphatic rings. The standard InChI is InChI=1S/C20H16FN5O3S/c21-18-5-2-1-4-15(18)13-30(27,28)25-16-6-8-17(9-7-16)29-20-12-19(22-14-23-20)26-11-3-10-24-26/h1-12,14,25H,13H2. The third-order valence-electron chi connectivity index (χ3n) is 4.02. The Morgan fingerprint density at radius 3 is 2.57 bits per heavy atom. The van der Waals surface area contributed by atoms with E-state index in [-0.39, 0.29) is 5.56 Å². The number of ether oxygens (including phenoxy) is 1. The lowest BCUT2D eigenvalue weighted by molar-refractivity contribution is 0.460. The summed E-state index contributed by atoms with van der Waals surface area (Å²) in [7, 11) is -3.77. The molecule has 8 nitrogen and oxygen atoms in total. The predicted octanol–water partition coefficient (Wildman–Crippen LogP) is 3.54. The van der Waals surface area contributed by atoms with E-state index in [1.54, 1.807) is 59.5 Å². The van der Waals surface area contributed by atoms with E-state index in [2.05, 4.69) is 19.8 Å². The van der Waals surface area contributed by atoms with Gasteiger partial charge in [-0.05, 0) is 36.4 Å². The van der Waals surface area contributed by atoms with Crippen molar-refractivity contribution in [3.8, 4) is 17.4 Å². The number of benzene rings is 2. The zero-order chi connectivity index (χ0) is 21.0. The second kappa shape index (κ2) is 8.29. The Bertz CT molecular complexity index is 1250. The molecule has 0 aliphatic carbocycles. The fourth-order valence-electron chi connectivity index (χ4n) is 2.66. The van der Waals surface area contributed by atoms with E-state index in [1.165, 1.54) is 24.5 Å². The van der Waals surface area contributed by atoms with Crippen LogP contribution in [0.4, 0.5) is 10.1 Å². The van der Waals surface area contributed by atoms with E-state index in [9.17, 15) is 12.8 Å². The second-order valence-electron chi connectivity index (χ2n) is 6.24. The van der Waals surface area contributed by atoms with Crippen molar-refractivity contribution in [2.75, 3.05) is 4.72 Å². The number of halogens is 1. The molecule has 0 fully saturated rings. The van der Waals surface area contributed by atoms with Crippen molar-refractivity contribution in [3.63, 3.8) is 0 Å². The van der Waals surface area contributed by atoms with E-state index in [4.69, 9.17) is 4.74 Å². The molecule has 0 radical (unpaired) electrons. The monoisotopic (exact) mass is 425 g/mol. The normalized spacial score (nSPS) is 11.2. The average Bonchev–Trinajstić information content (AvgIpc) is 3.26. The first kappa shape index (κ1) is 19.5. The first-order valence-corrected chi connectivity index (χ1v) is 10.5. The molecule has 0 saturated carbocycles. The van der Waals surface area contributed by atoms with Gasteiger partial charge < -0.3 is 4.74 Å². The molecule has 0 saturated heterocycles. The molecule has 4 rings (SSSR count). The van der Waals surface area contributed by atoms with Gasteiger partial charge in [-0.3, -0.25) is 4.72 Å². The number of rotatable bonds is 7. The SMILES string of the molecule is O=S(=O)(Cc1ccccc1F)Nc1ccc(Oc2cc(-n3cccn3)ncn2)cc1. The third-order valence-corrected chi connectivity index (χ3v) is 5.26. The molecule has 0 unspecified atom stereocenters. The zero-order valence-electron chi connectivity index (χ0n) is 15.5. The Morgan fingerprint density at radius 2 is 1.83 bits per heavy atom. The van der Waals surface area contributed by atoms with Gasteiger partial charge in [0.2, 0.25) is 15.9 Å². The van der Waals surface area contributed by atoms with E-state index >= 15 is 0 Å². The summed E-state index contributed by atoms with van der Waals surface area (Å²) in [4.78, 5) is 8.18. The lowest BCUT2D eigenvalue weighted by Gasteiger charge is -2.10. The van der Waals surface area contributed by atoms with Crippen LogP contribution in [0.5, 0.6) is 11.6 Å². The highest BCUT2D eigenvalue weighted by atomic mass is 32.2. The van der Waals surface area contributed by atoms with Crippen LogP contribution >= 0.6 is 0 Å². The minimum absolute atomic E-state index is 0.0988. The molecular weight excluding hydrogens is 409 g/mol. The largest absolute Gasteiger partial charge is 0.439 e. The van der Waals surface area contributed by atoms with E-state index in [1.807, 2.05) is 0 Å². The van der Waals surface area contributed by atoms with Gasteiger partial charge in [-0.2, -0.15) is 5.10 Å². The molecule has 2 heterocycles. The van der Waals surface area contributed by atoms with Gasteiger partial charge in [0.25, 0.3) is 0 Å². The van der Waals surface area contributed by atoms with Gasteiger partial charge >= 0.3 is 0 Å². The molecule has 0 atom stereocenters. The van der Waals surface area contributed by atoms with Crippen molar-refractivity contribution >= 4 is 15.7 Å². The quantitative estimate of drug-likeness (QED) is 0.486. The summed E-state index contributed by atoms with van der Waals surface area (Å²) in [6.45, 7) is 0. The molecule has 4 aromatic rings. The Labute approximate surface area is 172 Å². The minimum Gasteiger partial charge on any atom is -0.439 e. The number of anilines is 1. The van der Waals surface area contributed by atoms with E-state index in [0.29, 0.717) is 23.1 Å². The number of aromatic nitrogens is 4. The summed E-state index contributed by atoms with van der Waals surface area (Å²) < 4.78 is 48.0. The molecule has 1 N–H and O–H groups in total. The van der Waals surface area contributed by atoms with Crippen LogP contribution in [0, 0.1) is 5.82 Å². The fraction of sp³-hybridized carbons (Fsp3) is 0.0500. The summed E-state index contributed by atoms with van der Waals surface area (Å²) in [5.41, 5.74) is 0.431. The molecule has 0 bridgehead atoms. The van der Waals surface area contributed by atoms with Crippen molar-refractivity contribution in [2.45, 2.75) is 5.75 Å². The van der Waals surface area contributed by atoms with Crippen molar-refractivity contribution in [1.29, 1.82) is 0 Å². The van der Waals surface area contributed by atoms with Gasteiger partial charge in [-0.1, -0.05) is 18.2 Å². The molecular formula is C20H16FN5O3S. The maximum Gasteiger partial charge on any atom is 0.237 e. The van der Waals surface area contributed by atoms with Crippen LogP contribution in [0.15, 0.2) is 79.4 Å². The highest BCUT2D eigenvalue weighted by Crippen LogP contribution is 2.23. The summed E-state index contributed by atoms with van der Waals surface area (Å²) >= 11 is 0. The molecule has 0 aliphatic heterocycles. The summed E-state index contributed by atoms with van der Waals surface area (Å²) in [6, 6.07) is 15.4. The molecule has 2 aromatic heterocycles. The Hall–Kier alpha value is -3.79. The highest BCUT2D eigenvalue weighted by Gasteiger charge is 2.14. The van der Waals surface area contributed by atoms with Crippen molar-refractivity contribution < 1.29 is 17.5 Å². The molecule has 152 valence electrons. The van der Waals surface area contributed by atoms with E-state index in [0.717, 1.165) is 0 Å². The molecule has 30 heavy (non-hydrogen) atoms. The maximum atomic E-state index is 13.7. The third kappa shape index (κ3) is 4.78. The molecule has 0 amide bonds. The van der Waals surface area contributed by atoms with Crippen LogP contribution in [0.1, 0.15) is 5.56 Å². The van der Waals surface area contributed by atoms with Crippen molar-refractivity contribution in [1.82, 2.24) is 19.7 Å². The first-order chi connectivity index (χ1) is 14.5. The first-order valence-electron chi connectivity index (χ1n) is 8.82. The summed E-state index contributed by atoms with van der Waals surface area (Å²) in [5, 5.41) is 4.10. The van der Waals surface area contributed by atoms with Gasteiger partial charge in [0.1, 0.15) is 17.9 Å². The van der Waals surface area contributed by atoms with Crippen LogP contribution in [-0.4, -0.2) is 28.2 Å². The number of hydrogen-bond acceptors (Lipinski definition) is 6. The van der Waals surface area contributed by atoms with Crippen molar-refractivity contribution in [2.24, 2.45) is 0 Å². The van der Waals surface area contributed by atoms with Gasteiger partial charge in [0, 0.05) is 29.7 Å². The fourth-order valence-corrected chi connectivity index (χ4v) is 3.87. The van der Waals surface area contributed by atoms with Crippen LogP contribution in [0.25, 0.3) is 5.82 Å². The Balaban J connectivity index is 1.43. The maximum absolute atomic E-state index is 13.7. The lowest BCUT2D eigenvalue weighted by atomic mass is 10.2. The predicted molar refractivity (Wildman–Crippen MR) is 108 cm³/mol. The minimum atomic E-state index is -3.77. The smallest absolute Gasteiger partial charge is 0.237 e. The number of nitrogens with zero attached hydrogens (tertiary/aromatic N) is 4. The Morgan fingerprint density at radius 1 is 1.03 bits per heavy atom. The van der Waals surface area contributed by atoms with Crippen molar-refractivity contribution in [3.05, 3.63) is 90.8 Å². The van der Waals surface area contributed by atoms with Gasteiger partial charge in [0.05, 0.1) is 5.75 Å². The van der Waals surface area contributed by atoms with Crippen LogP contribution in [0.3, 0.4) is 0 Å². The van der Waals surface area contributed by atoms with Gasteiger partial charge in [-0.25, -0.2) is 27.5 Å². The van der Waals surface area contributed by atoms with E-state index < -0.39 is 21.6 Å². The van der Waals surface area contributed by atoms with Crippen LogP contribution < -0.4 is 9.46 Å². The zero-order valence-corrected chi connectivity index (χ0v) is 16.3. The topological polar surface area (TPSA) is 99.0 Å². The number of nitrogens with one attached hydrogen (secondary N) is 1. The van der Waals surface area contributed by atoms with Gasteiger partial charge in [-0.15, -0.1) is 0 Å². The summed E-state index contributed by atoms with van der Waals surface area (Å²) in [5.74, 6) is 0.281. The highest BCUT2D eigenvalue weighted by molar-refractivity contribution is 7.91. The molecule has 10 heteroatoms. The molecule has 2 aromatic carbocycles.